The van der Waals surface area contributed by atoms with Crippen LogP contribution in [-0.4, -0.2) is 72.4 Å². The Hall–Kier alpha value is -0.160. The Morgan fingerprint density at radius 2 is 2.16 bits per heavy atom. The van der Waals surface area contributed by atoms with Gasteiger partial charge in [-0.1, -0.05) is 6.92 Å². The van der Waals surface area contributed by atoms with E-state index in [1.54, 1.807) is 0 Å². The van der Waals surface area contributed by atoms with E-state index in [1.807, 2.05) is 0 Å². The van der Waals surface area contributed by atoms with E-state index in [2.05, 4.69) is 36.0 Å². The topological polar surface area (TPSA) is 38.7 Å². The van der Waals surface area contributed by atoms with Gasteiger partial charge in [-0.25, -0.2) is 0 Å². The number of nitrogens with one attached hydrogen (secondary N) is 1. The molecule has 1 saturated carbocycles. The highest BCUT2D eigenvalue weighted by Crippen LogP contribution is 2.33. The van der Waals surface area contributed by atoms with Gasteiger partial charge in [-0.3, -0.25) is 4.90 Å². The summed E-state index contributed by atoms with van der Waals surface area (Å²) in [6.45, 7) is 9.34. The van der Waals surface area contributed by atoms with Gasteiger partial charge in [0.2, 0.25) is 0 Å². The van der Waals surface area contributed by atoms with Crippen LogP contribution < -0.4 is 5.32 Å². The molecule has 19 heavy (non-hydrogen) atoms. The van der Waals surface area contributed by atoms with Crippen molar-refractivity contribution in [1.29, 1.82) is 0 Å². The lowest BCUT2D eigenvalue weighted by atomic mass is 9.98. The van der Waals surface area contributed by atoms with E-state index in [1.165, 1.54) is 26.1 Å². The molecular formula is C15H31N3O. The molecule has 0 spiro atoms. The second kappa shape index (κ2) is 6.53. The van der Waals surface area contributed by atoms with Crippen LogP contribution in [0.15, 0.2) is 0 Å². The zero-order chi connectivity index (χ0) is 13.9. The molecule has 2 rings (SSSR count). The molecule has 2 fully saturated rings. The second-order valence-electron chi connectivity index (χ2n) is 6.59. The second-order valence-corrected chi connectivity index (χ2v) is 6.59. The molecule has 112 valence electrons. The van der Waals surface area contributed by atoms with Crippen LogP contribution in [0.2, 0.25) is 0 Å². The average molecular weight is 269 g/mol. The Labute approximate surface area is 118 Å². The van der Waals surface area contributed by atoms with Crippen molar-refractivity contribution in [1.82, 2.24) is 15.1 Å². The van der Waals surface area contributed by atoms with Crippen molar-refractivity contribution in [2.75, 3.05) is 39.8 Å². The Balaban J connectivity index is 1.90. The van der Waals surface area contributed by atoms with E-state index in [9.17, 15) is 5.11 Å². The molecule has 1 saturated heterocycles. The quantitative estimate of drug-likeness (QED) is 0.778. The summed E-state index contributed by atoms with van der Waals surface area (Å²) in [5.74, 6) is 0. The third-order valence-electron chi connectivity index (χ3n) is 5.14. The minimum atomic E-state index is -0.00668. The molecule has 2 aliphatic rings. The predicted molar refractivity (Wildman–Crippen MR) is 79.4 cm³/mol. The first-order valence-electron chi connectivity index (χ1n) is 7.90. The number of hydrogen-bond donors (Lipinski definition) is 2. The minimum absolute atomic E-state index is 0.00668. The van der Waals surface area contributed by atoms with Crippen LogP contribution >= 0.6 is 0 Å². The third-order valence-corrected chi connectivity index (χ3v) is 5.14. The summed E-state index contributed by atoms with van der Waals surface area (Å²) in [5.41, 5.74) is -0.00668. The molecule has 0 aromatic carbocycles. The first kappa shape index (κ1) is 15.2. The van der Waals surface area contributed by atoms with Crippen molar-refractivity contribution in [2.45, 2.75) is 57.2 Å². The van der Waals surface area contributed by atoms with Crippen molar-refractivity contribution in [3.63, 3.8) is 0 Å². The van der Waals surface area contributed by atoms with Crippen molar-refractivity contribution >= 4 is 0 Å². The summed E-state index contributed by atoms with van der Waals surface area (Å²) in [6.07, 6.45) is 4.60. The SMILES string of the molecule is CCCNC1(CO)CCC(N2CCN(C)C(C)C2)C1. The number of aliphatic hydroxyl groups is 1. The van der Waals surface area contributed by atoms with Crippen LogP contribution in [0, 0.1) is 0 Å². The summed E-state index contributed by atoms with van der Waals surface area (Å²) in [7, 11) is 2.22. The molecule has 0 aromatic rings. The molecule has 0 radical (unpaired) electrons. The molecule has 1 aliphatic heterocycles. The number of piperazine rings is 1. The molecule has 4 heteroatoms. The van der Waals surface area contributed by atoms with Gasteiger partial charge in [0.25, 0.3) is 0 Å². The van der Waals surface area contributed by atoms with Gasteiger partial charge in [-0.2, -0.15) is 0 Å². The van der Waals surface area contributed by atoms with Crippen molar-refractivity contribution in [2.24, 2.45) is 0 Å². The first-order valence-corrected chi connectivity index (χ1v) is 7.90. The number of aliphatic hydroxyl groups excluding tert-OH is 1. The molecular weight excluding hydrogens is 238 g/mol. The summed E-state index contributed by atoms with van der Waals surface area (Å²) in [4.78, 5) is 5.09. The van der Waals surface area contributed by atoms with Gasteiger partial charge in [0, 0.05) is 37.3 Å². The fourth-order valence-electron chi connectivity index (χ4n) is 3.57. The zero-order valence-electron chi connectivity index (χ0n) is 12.9. The van der Waals surface area contributed by atoms with Crippen molar-refractivity contribution in [3.8, 4) is 0 Å². The maximum absolute atomic E-state index is 9.76. The van der Waals surface area contributed by atoms with Crippen LogP contribution in [0.25, 0.3) is 0 Å². The standard InChI is InChI=1S/C15H31N3O/c1-4-7-16-15(12-19)6-5-14(10-15)18-9-8-17(3)13(2)11-18/h13-14,16,19H,4-12H2,1-3H3. The van der Waals surface area contributed by atoms with Gasteiger partial charge in [-0.15, -0.1) is 0 Å². The summed E-state index contributed by atoms with van der Waals surface area (Å²) in [6, 6.07) is 1.31. The Morgan fingerprint density at radius 3 is 2.79 bits per heavy atom. The molecule has 3 atom stereocenters. The van der Waals surface area contributed by atoms with Gasteiger partial charge >= 0.3 is 0 Å². The molecule has 0 aromatic heterocycles. The van der Waals surface area contributed by atoms with Crippen LogP contribution in [0.3, 0.4) is 0 Å². The average Bonchev–Trinajstić information content (AvgIpc) is 2.85. The van der Waals surface area contributed by atoms with Crippen LogP contribution in [0.1, 0.15) is 39.5 Å². The van der Waals surface area contributed by atoms with Crippen LogP contribution in [-0.2, 0) is 0 Å². The molecule has 4 nitrogen and oxygen atoms in total. The van der Waals surface area contributed by atoms with E-state index in [0.717, 1.165) is 25.8 Å². The Bertz CT molecular complexity index is 287. The van der Waals surface area contributed by atoms with Gasteiger partial charge in [-0.05, 0) is 46.2 Å². The molecule has 2 N–H and O–H groups in total. The lowest BCUT2D eigenvalue weighted by molar-refractivity contribution is 0.0670. The highest BCUT2D eigenvalue weighted by atomic mass is 16.3. The Kier molecular flexibility index (Phi) is 5.23. The van der Waals surface area contributed by atoms with Crippen LogP contribution in [0.4, 0.5) is 0 Å². The summed E-state index contributed by atoms with van der Waals surface area (Å²) < 4.78 is 0. The van der Waals surface area contributed by atoms with E-state index in [0.29, 0.717) is 12.1 Å². The summed E-state index contributed by atoms with van der Waals surface area (Å²) >= 11 is 0. The normalized spacial score (nSPS) is 37.9. The number of hydrogen-bond acceptors (Lipinski definition) is 4. The van der Waals surface area contributed by atoms with Gasteiger partial charge < -0.3 is 15.3 Å². The third kappa shape index (κ3) is 3.48. The first-order chi connectivity index (χ1) is 9.10. The monoisotopic (exact) mass is 269 g/mol. The van der Waals surface area contributed by atoms with Gasteiger partial charge in [0.05, 0.1) is 6.61 Å². The summed E-state index contributed by atoms with van der Waals surface area (Å²) in [5, 5.41) is 13.4. The maximum atomic E-state index is 9.76. The zero-order valence-corrected chi connectivity index (χ0v) is 12.9. The predicted octanol–water partition coefficient (Wildman–Crippen LogP) is 0.906. The number of rotatable bonds is 5. The van der Waals surface area contributed by atoms with E-state index >= 15 is 0 Å². The fraction of sp³-hybridized carbons (Fsp3) is 1.00. The highest BCUT2D eigenvalue weighted by molar-refractivity contribution is 5.00. The van der Waals surface area contributed by atoms with E-state index in [-0.39, 0.29) is 12.1 Å². The fourth-order valence-corrected chi connectivity index (χ4v) is 3.57. The molecule has 0 amide bonds. The number of likely N-dealkylation sites (N-methyl/N-ethyl adjacent to an activating group) is 1. The maximum Gasteiger partial charge on any atom is 0.0613 e. The van der Waals surface area contributed by atoms with Crippen LogP contribution in [0.5, 0.6) is 0 Å². The Morgan fingerprint density at radius 1 is 1.37 bits per heavy atom. The van der Waals surface area contributed by atoms with Gasteiger partial charge in [0.15, 0.2) is 0 Å². The number of nitrogens with zero attached hydrogens (tertiary/aromatic N) is 2. The largest absolute Gasteiger partial charge is 0.394 e. The molecule has 0 bridgehead atoms. The molecule has 1 aliphatic carbocycles. The van der Waals surface area contributed by atoms with E-state index < -0.39 is 0 Å². The lowest BCUT2D eigenvalue weighted by Gasteiger charge is -2.41. The van der Waals surface area contributed by atoms with Gasteiger partial charge in [0.1, 0.15) is 0 Å². The minimum Gasteiger partial charge on any atom is -0.394 e. The van der Waals surface area contributed by atoms with Crippen molar-refractivity contribution < 1.29 is 5.11 Å². The smallest absolute Gasteiger partial charge is 0.0613 e. The molecule has 1 heterocycles. The lowest BCUT2D eigenvalue weighted by Crippen LogP contribution is -2.54. The highest BCUT2D eigenvalue weighted by Gasteiger charge is 2.41. The van der Waals surface area contributed by atoms with E-state index in [4.69, 9.17) is 0 Å². The molecule has 3 unspecified atom stereocenters. The van der Waals surface area contributed by atoms with Crippen molar-refractivity contribution in [3.05, 3.63) is 0 Å².